The highest BCUT2D eigenvalue weighted by Gasteiger charge is 2.45. The maximum absolute atomic E-state index is 6.12. The zero-order valence-corrected chi connectivity index (χ0v) is 10.9. The van der Waals surface area contributed by atoms with E-state index in [0.717, 1.165) is 24.2 Å². The minimum absolute atomic E-state index is 0.119. The Hall–Kier alpha value is -1.47. The Balaban J connectivity index is 1.96. The average molecular weight is 259 g/mol. The lowest BCUT2D eigenvalue weighted by Gasteiger charge is -2.18. The van der Waals surface area contributed by atoms with Gasteiger partial charge >= 0.3 is 0 Å². The molecule has 1 nitrogen and oxygen atoms in total. The first kappa shape index (κ1) is 11.6. The fourth-order valence-corrected chi connectivity index (χ4v) is 2.37. The van der Waals surface area contributed by atoms with Gasteiger partial charge in [-0.25, -0.2) is 0 Å². The molecule has 0 heterocycles. The Kier molecular flexibility index (Phi) is 3.00. The Morgan fingerprint density at radius 3 is 2.28 bits per heavy atom. The van der Waals surface area contributed by atoms with Crippen molar-refractivity contribution in [2.75, 3.05) is 5.88 Å². The van der Waals surface area contributed by atoms with Crippen molar-refractivity contribution in [1.29, 1.82) is 0 Å². The maximum Gasteiger partial charge on any atom is 0.128 e. The molecule has 0 bridgehead atoms. The van der Waals surface area contributed by atoms with E-state index in [4.69, 9.17) is 16.3 Å². The summed E-state index contributed by atoms with van der Waals surface area (Å²) in [5.41, 5.74) is 2.19. The molecule has 0 N–H and O–H groups in total. The molecule has 1 fully saturated rings. The molecule has 0 radical (unpaired) electrons. The molecule has 0 atom stereocenters. The first-order valence-corrected chi connectivity index (χ1v) is 6.76. The summed E-state index contributed by atoms with van der Waals surface area (Å²) in [5.74, 6) is 1.50. The van der Waals surface area contributed by atoms with E-state index in [2.05, 4.69) is 18.2 Å². The highest BCUT2D eigenvalue weighted by atomic mass is 35.5. The Morgan fingerprint density at radius 1 is 0.944 bits per heavy atom. The molecule has 2 aromatic rings. The molecule has 18 heavy (non-hydrogen) atoms. The number of para-hydroxylation sites is 1. The third-order valence-corrected chi connectivity index (χ3v) is 3.84. The van der Waals surface area contributed by atoms with E-state index in [9.17, 15) is 0 Å². The van der Waals surface area contributed by atoms with Crippen LogP contribution in [-0.2, 0) is 0 Å². The average Bonchev–Trinajstić information content (AvgIpc) is 3.21. The number of alkyl halides is 1. The van der Waals surface area contributed by atoms with Crippen LogP contribution in [0, 0.1) is 0 Å². The predicted molar refractivity (Wildman–Crippen MR) is 75.2 cm³/mol. The monoisotopic (exact) mass is 258 g/mol. The van der Waals surface area contributed by atoms with Crippen LogP contribution in [0.15, 0.2) is 54.6 Å². The molecule has 0 unspecified atom stereocenters. The van der Waals surface area contributed by atoms with Gasteiger partial charge in [0.2, 0.25) is 0 Å². The van der Waals surface area contributed by atoms with Gasteiger partial charge in [-0.2, -0.15) is 0 Å². The molecular formula is C16H15ClO. The lowest BCUT2D eigenvalue weighted by Crippen LogP contribution is -2.20. The van der Waals surface area contributed by atoms with Crippen molar-refractivity contribution in [3.05, 3.63) is 54.6 Å². The van der Waals surface area contributed by atoms with E-state index in [0.29, 0.717) is 5.88 Å². The van der Waals surface area contributed by atoms with E-state index in [1.54, 1.807) is 0 Å². The standard InChI is InChI=1S/C16H15ClO/c17-12-16(10-11-16)18-15-9-5-4-8-14(15)13-6-2-1-3-7-13/h1-9H,10-12H2. The second kappa shape index (κ2) is 4.66. The van der Waals surface area contributed by atoms with Crippen molar-refractivity contribution >= 4 is 11.6 Å². The van der Waals surface area contributed by atoms with Crippen LogP contribution in [0.4, 0.5) is 0 Å². The van der Waals surface area contributed by atoms with Gasteiger partial charge in [0.25, 0.3) is 0 Å². The van der Waals surface area contributed by atoms with Crippen molar-refractivity contribution in [2.24, 2.45) is 0 Å². The third-order valence-electron chi connectivity index (χ3n) is 3.35. The molecule has 1 aliphatic rings. The van der Waals surface area contributed by atoms with Gasteiger partial charge in [-0.3, -0.25) is 0 Å². The molecule has 1 saturated carbocycles. The number of hydrogen-bond donors (Lipinski definition) is 0. The van der Waals surface area contributed by atoms with Gasteiger partial charge in [-0.05, 0) is 24.5 Å². The molecule has 1 aliphatic carbocycles. The van der Waals surface area contributed by atoms with Crippen molar-refractivity contribution in [3.8, 4) is 16.9 Å². The highest BCUT2D eigenvalue weighted by molar-refractivity contribution is 6.18. The molecule has 0 aromatic heterocycles. The first-order chi connectivity index (χ1) is 8.83. The topological polar surface area (TPSA) is 9.23 Å². The van der Waals surface area contributed by atoms with Crippen molar-refractivity contribution in [3.63, 3.8) is 0 Å². The lowest BCUT2D eigenvalue weighted by atomic mass is 10.0. The summed E-state index contributed by atoms with van der Waals surface area (Å²) >= 11 is 5.98. The van der Waals surface area contributed by atoms with E-state index in [-0.39, 0.29) is 5.60 Å². The number of ether oxygens (including phenoxy) is 1. The number of halogens is 1. The summed E-state index contributed by atoms with van der Waals surface area (Å²) in [4.78, 5) is 0. The van der Waals surface area contributed by atoms with Crippen LogP contribution in [0.2, 0.25) is 0 Å². The summed E-state index contributed by atoms with van der Waals surface area (Å²) in [7, 11) is 0. The Labute approximate surface area is 112 Å². The van der Waals surface area contributed by atoms with Crippen LogP contribution >= 0.6 is 11.6 Å². The SMILES string of the molecule is ClCC1(Oc2ccccc2-c2ccccc2)CC1. The summed E-state index contributed by atoms with van der Waals surface area (Å²) < 4.78 is 6.12. The maximum atomic E-state index is 6.12. The summed E-state index contributed by atoms with van der Waals surface area (Å²) in [6, 6.07) is 18.5. The molecule has 0 amide bonds. The molecular weight excluding hydrogens is 244 g/mol. The minimum atomic E-state index is -0.119. The van der Waals surface area contributed by atoms with Gasteiger partial charge in [0, 0.05) is 5.56 Å². The molecule has 0 aliphatic heterocycles. The highest BCUT2D eigenvalue weighted by Crippen LogP contribution is 2.43. The number of rotatable bonds is 4. The quantitative estimate of drug-likeness (QED) is 0.734. The molecule has 2 heteroatoms. The first-order valence-electron chi connectivity index (χ1n) is 6.22. The van der Waals surface area contributed by atoms with Crippen LogP contribution in [0.1, 0.15) is 12.8 Å². The van der Waals surface area contributed by atoms with Gasteiger partial charge < -0.3 is 4.74 Å². The van der Waals surface area contributed by atoms with Crippen molar-refractivity contribution < 1.29 is 4.74 Å². The molecule has 0 saturated heterocycles. The lowest BCUT2D eigenvalue weighted by molar-refractivity contribution is 0.205. The van der Waals surface area contributed by atoms with E-state index in [1.807, 2.05) is 36.4 Å². The van der Waals surface area contributed by atoms with Gasteiger partial charge in [-0.15, -0.1) is 11.6 Å². The summed E-state index contributed by atoms with van der Waals surface area (Å²) in [6.07, 6.45) is 2.11. The number of benzene rings is 2. The Bertz CT molecular complexity index is 532. The third kappa shape index (κ3) is 2.23. The van der Waals surface area contributed by atoms with Crippen LogP contribution in [0.5, 0.6) is 5.75 Å². The van der Waals surface area contributed by atoms with Crippen LogP contribution in [0.25, 0.3) is 11.1 Å². The molecule has 2 aromatic carbocycles. The van der Waals surface area contributed by atoms with Gasteiger partial charge in [-0.1, -0.05) is 48.5 Å². The smallest absolute Gasteiger partial charge is 0.128 e. The van der Waals surface area contributed by atoms with Crippen LogP contribution < -0.4 is 4.74 Å². The van der Waals surface area contributed by atoms with Gasteiger partial charge in [0.05, 0.1) is 5.88 Å². The van der Waals surface area contributed by atoms with Crippen LogP contribution in [-0.4, -0.2) is 11.5 Å². The summed E-state index contributed by atoms with van der Waals surface area (Å²) in [5, 5.41) is 0. The van der Waals surface area contributed by atoms with E-state index < -0.39 is 0 Å². The fourth-order valence-electron chi connectivity index (χ4n) is 2.05. The molecule has 0 spiro atoms. The normalized spacial score (nSPS) is 16.3. The predicted octanol–water partition coefficient (Wildman–Crippen LogP) is 4.50. The second-order valence-corrected chi connectivity index (χ2v) is 5.05. The van der Waals surface area contributed by atoms with Crippen molar-refractivity contribution in [2.45, 2.75) is 18.4 Å². The fraction of sp³-hybridized carbons (Fsp3) is 0.250. The van der Waals surface area contributed by atoms with Crippen LogP contribution in [0.3, 0.4) is 0 Å². The van der Waals surface area contributed by atoms with Gasteiger partial charge in [0.1, 0.15) is 11.4 Å². The number of hydrogen-bond acceptors (Lipinski definition) is 1. The van der Waals surface area contributed by atoms with Gasteiger partial charge in [0.15, 0.2) is 0 Å². The zero-order chi connectivity index (χ0) is 12.4. The second-order valence-electron chi connectivity index (χ2n) is 4.78. The summed E-state index contributed by atoms with van der Waals surface area (Å²) in [6.45, 7) is 0. The van der Waals surface area contributed by atoms with Crippen molar-refractivity contribution in [1.82, 2.24) is 0 Å². The Morgan fingerprint density at radius 2 is 1.61 bits per heavy atom. The zero-order valence-electron chi connectivity index (χ0n) is 10.1. The minimum Gasteiger partial charge on any atom is -0.485 e. The molecule has 92 valence electrons. The largest absolute Gasteiger partial charge is 0.485 e. The molecule has 3 rings (SSSR count). The van der Waals surface area contributed by atoms with E-state index in [1.165, 1.54) is 5.56 Å². The van der Waals surface area contributed by atoms with E-state index >= 15 is 0 Å².